The summed E-state index contributed by atoms with van der Waals surface area (Å²) >= 11 is 0. The summed E-state index contributed by atoms with van der Waals surface area (Å²) < 4.78 is 17.2. The number of rotatable bonds is 2. The predicted molar refractivity (Wildman–Crippen MR) is 94.1 cm³/mol. The lowest BCUT2D eigenvalue weighted by molar-refractivity contribution is -0.154. The van der Waals surface area contributed by atoms with Gasteiger partial charge < -0.3 is 19.3 Å². The Kier molecular flexibility index (Phi) is 5.01. The third-order valence-corrected chi connectivity index (χ3v) is 6.11. The van der Waals surface area contributed by atoms with E-state index in [1.165, 1.54) is 0 Å². The lowest BCUT2D eigenvalue weighted by Crippen LogP contribution is -2.46. The lowest BCUT2D eigenvalue weighted by atomic mass is 9.78. The Labute approximate surface area is 154 Å². The molecule has 26 heavy (non-hydrogen) atoms. The molecule has 0 amide bonds. The Morgan fingerprint density at radius 1 is 1.46 bits per heavy atom. The molecule has 1 N–H and O–H groups in total. The molecule has 2 heterocycles. The van der Waals surface area contributed by atoms with Crippen LogP contribution < -0.4 is 0 Å². The van der Waals surface area contributed by atoms with Crippen molar-refractivity contribution in [3.8, 4) is 0 Å². The van der Waals surface area contributed by atoms with Crippen LogP contribution in [0.25, 0.3) is 0 Å². The van der Waals surface area contributed by atoms with Gasteiger partial charge in [0.1, 0.15) is 18.3 Å². The largest absolute Gasteiger partial charge is 0.455 e. The number of allylic oxidation sites excluding steroid dienone is 1. The zero-order valence-electron chi connectivity index (χ0n) is 15.9. The maximum absolute atomic E-state index is 12.4. The summed E-state index contributed by atoms with van der Waals surface area (Å²) in [7, 11) is 0. The summed E-state index contributed by atoms with van der Waals surface area (Å²) in [6.45, 7) is 11.2. The van der Waals surface area contributed by atoms with Crippen molar-refractivity contribution in [3.05, 3.63) is 23.8 Å². The van der Waals surface area contributed by atoms with Gasteiger partial charge in [-0.05, 0) is 39.5 Å². The van der Waals surface area contributed by atoms with Gasteiger partial charge in [0.15, 0.2) is 0 Å². The van der Waals surface area contributed by atoms with E-state index in [0.717, 1.165) is 19.3 Å². The minimum Gasteiger partial charge on any atom is -0.455 e. The zero-order chi connectivity index (χ0) is 19.2. The fourth-order valence-electron chi connectivity index (χ4n) is 4.07. The first-order valence-electron chi connectivity index (χ1n) is 9.29. The molecule has 2 saturated heterocycles. The van der Waals surface area contributed by atoms with Gasteiger partial charge in [-0.1, -0.05) is 26.0 Å². The SMILES string of the molecule is C=C1C(=O)O[C@@H]2[C@H](O)[C@H](C)CCC[C@@]3(C)O[C@@H]3[C@H](OC(=O)/C(C)=C\C)[C@@H]12. The third-order valence-electron chi connectivity index (χ3n) is 6.11. The van der Waals surface area contributed by atoms with E-state index in [9.17, 15) is 14.7 Å². The zero-order valence-corrected chi connectivity index (χ0v) is 15.9. The van der Waals surface area contributed by atoms with Gasteiger partial charge in [-0.25, -0.2) is 9.59 Å². The van der Waals surface area contributed by atoms with E-state index >= 15 is 0 Å². The molecule has 0 aromatic rings. The van der Waals surface area contributed by atoms with Crippen LogP contribution in [0.4, 0.5) is 0 Å². The van der Waals surface area contributed by atoms with Crippen molar-refractivity contribution >= 4 is 11.9 Å². The second-order valence-corrected chi connectivity index (χ2v) is 7.97. The molecule has 1 aliphatic carbocycles. The maximum Gasteiger partial charge on any atom is 0.334 e. The molecule has 0 spiro atoms. The first-order chi connectivity index (χ1) is 12.2. The minimum atomic E-state index is -0.838. The normalized spacial score (nSPS) is 43.2. The van der Waals surface area contributed by atoms with Crippen LogP contribution in [-0.4, -0.2) is 47.1 Å². The highest BCUT2D eigenvalue weighted by Gasteiger charge is 2.63. The topological polar surface area (TPSA) is 85.4 Å². The van der Waals surface area contributed by atoms with Gasteiger partial charge in [-0.15, -0.1) is 0 Å². The number of carbonyl (C=O) groups is 2. The van der Waals surface area contributed by atoms with Crippen LogP contribution in [0.2, 0.25) is 0 Å². The molecule has 2 aliphatic heterocycles. The standard InChI is InChI=1S/C20H28O6/c1-6-10(2)18(22)25-16-13-12(4)19(23)24-15(13)14(21)11(3)8-7-9-20(5)17(16)26-20/h6,11,13-17,21H,4,7-9H2,1-3,5H3/b10-6-/t11-,13+,14-,15+,16-,17-,20-/m1/s1. The van der Waals surface area contributed by atoms with Crippen molar-refractivity contribution in [2.75, 3.05) is 0 Å². The summed E-state index contributed by atoms with van der Waals surface area (Å²) in [4.78, 5) is 24.6. The highest BCUT2D eigenvalue weighted by Crippen LogP contribution is 2.50. The quantitative estimate of drug-likeness (QED) is 0.460. The number of hydrogen-bond acceptors (Lipinski definition) is 6. The Morgan fingerprint density at radius 3 is 2.81 bits per heavy atom. The molecule has 1 saturated carbocycles. The van der Waals surface area contributed by atoms with E-state index in [-0.39, 0.29) is 17.6 Å². The number of esters is 2. The van der Waals surface area contributed by atoms with Crippen LogP contribution in [0.1, 0.15) is 47.0 Å². The Balaban J connectivity index is 1.97. The minimum absolute atomic E-state index is 0.0475. The summed E-state index contributed by atoms with van der Waals surface area (Å²) in [5.41, 5.74) is 0.314. The predicted octanol–water partition coefficient (Wildman–Crippen LogP) is 2.30. The lowest BCUT2D eigenvalue weighted by Gasteiger charge is -2.32. The Morgan fingerprint density at radius 2 is 2.15 bits per heavy atom. The van der Waals surface area contributed by atoms with Crippen LogP contribution >= 0.6 is 0 Å². The maximum atomic E-state index is 12.4. The van der Waals surface area contributed by atoms with Gasteiger partial charge in [0, 0.05) is 11.1 Å². The summed E-state index contributed by atoms with van der Waals surface area (Å²) in [6, 6.07) is 0. The second kappa shape index (κ2) is 6.82. The smallest absolute Gasteiger partial charge is 0.334 e. The molecule has 0 unspecified atom stereocenters. The monoisotopic (exact) mass is 364 g/mol. The van der Waals surface area contributed by atoms with Crippen LogP contribution in [0.15, 0.2) is 23.8 Å². The average molecular weight is 364 g/mol. The highest BCUT2D eigenvalue weighted by molar-refractivity contribution is 5.91. The van der Waals surface area contributed by atoms with Gasteiger partial charge >= 0.3 is 11.9 Å². The molecule has 0 bridgehead atoms. The van der Waals surface area contributed by atoms with Crippen molar-refractivity contribution < 1.29 is 28.9 Å². The molecule has 3 aliphatic rings. The third kappa shape index (κ3) is 3.21. The van der Waals surface area contributed by atoms with E-state index in [4.69, 9.17) is 14.2 Å². The van der Waals surface area contributed by atoms with Crippen LogP contribution in [-0.2, 0) is 23.8 Å². The number of ether oxygens (including phenoxy) is 3. The van der Waals surface area contributed by atoms with Gasteiger partial charge in [-0.2, -0.15) is 0 Å². The summed E-state index contributed by atoms with van der Waals surface area (Å²) in [6.07, 6.45) is 1.50. The molecule has 144 valence electrons. The number of epoxide rings is 1. The van der Waals surface area contributed by atoms with Crippen LogP contribution in [0, 0.1) is 11.8 Å². The molecular weight excluding hydrogens is 336 g/mol. The van der Waals surface area contributed by atoms with E-state index < -0.39 is 41.8 Å². The molecule has 3 fully saturated rings. The fourth-order valence-corrected chi connectivity index (χ4v) is 4.07. The first kappa shape index (κ1) is 19.1. The van der Waals surface area contributed by atoms with Crippen molar-refractivity contribution in [1.29, 1.82) is 0 Å². The highest BCUT2D eigenvalue weighted by atomic mass is 16.6. The first-order valence-corrected chi connectivity index (χ1v) is 9.29. The Bertz CT molecular complexity index is 653. The van der Waals surface area contributed by atoms with Crippen molar-refractivity contribution in [2.24, 2.45) is 11.8 Å². The van der Waals surface area contributed by atoms with Crippen molar-refractivity contribution in [3.63, 3.8) is 0 Å². The molecule has 7 atom stereocenters. The van der Waals surface area contributed by atoms with Crippen LogP contribution in [0.3, 0.4) is 0 Å². The van der Waals surface area contributed by atoms with E-state index in [1.807, 2.05) is 13.8 Å². The number of aliphatic hydroxyl groups is 1. The van der Waals surface area contributed by atoms with Crippen molar-refractivity contribution in [2.45, 2.75) is 77.0 Å². The average Bonchev–Trinajstić information content (AvgIpc) is 3.18. The summed E-state index contributed by atoms with van der Waals surface area (Å²) in [5.74, 6) is -1.66. The summed E-state index contributed by atoms with van der Waals surface area (Å²) in [5, 5.41) is 10.8. The Hall–Kier alpha value is -1.66. The van der Waals surface area contributed by atoms with Crippen molar-refractivity contribution in [1.82, 2.24) is 0 Å². The van der Waals surface area contributed by atoms with Gasteiger partial charge in [0.2, 0.25) is 0 Å². The molecule has 3 rings (SSSR count). The van der Waals surface area contributed by atoms with Gasteiger partial charge in [-0.3, -0.25) is 0 Å². The molecule has 0 radical (unpaired) electrons. The molecule has 0 aromatic carbocycles. The second-order valence-electron chi connectivity index (χ2n) is 7.97. The number of fused-ring (bicyclic) bond motifs is 2. The van der Waals surface area contributed by atoms with E-state index in [2.05, 4.69) is 6.58 Å². The van der Waals surface area contributed by atoms with E-state index in [1.54, 1.807) is 19.9 Å². The molecule has 6 heteroatoms. The van der Waals surface area contributed by atoms with Gasteiger partial charge in [0.25, 0.3) is 0 Å². The molecular formula is C20H28O6. The van der Waals surface area contributed by atoms with Crippen LogP contribution in [0.5, 0.6) is 0 Å². The number of carbonyl (C=O) groups excluding carboxylic acids is 2. The fraction of sp³-hybridized carbons (Fsp3) is 0.700. The van der Waals surface area contributed by atoms with E-state index in [0.29, 0.717) is 5.57 Å². The van der Waals surface area contributed by atoms with Gasteiger partial charge in [0.05, 0.1) is 17.6 Å². The molecule has 0 aromatic heterocycles. The molecule has 6 nitrogen and oxygen atoms in total. The number of aliphatic hydroxyl groups excluding tert-OH is 1. The number of hydrogen-bond donors (Lipinski definition) is 1.